The Morgan fingerprint density at radius 2 is 1.70 bits per heavy atom. The Bertz CT molecular complexity index is 821. The lowest BCUT2D eigenvalue weighted by molar-refractivity contribution is 0.102. The van der Waals surface area contributed by atoms with Gasteiger partial charge < -0.3 is 9.73 Å². The molecule has 2 aromatic carbocycles. The first-order valence-electron chi connectivity index (χ1n) is 7.33. The molecule has 0 aliphatic carbocycles. The number of aromatic nitrogens is 1. The van der Waals surface area contributed by atoms with E-state index in [1.54, 1.807) is 18.2 Å². The minimum absolute atomic E-state index is 0.219. The van der Waals surface area contributed by atoms with Crippen LogP contribution >= 0.6 is 0 Å². The van der Waals surface area contributed by atoms with Crippen molar-refractivity contribution in [3.8, 4) is 11.3 Å². The van der Waals surface area contributed by atoms with Crippen LogP contribution in [-0.4, -0.2) is 10.9 Å². The fraction of sp³-hybridized carbons (Fsp3) is 0.0526. The van der Waals surface area contributed by atoms with Crippen molar-refractivity contribution in [1.29, 1.82) is 0 Å². The van der Waals surface area contributed by atoms with Crippen LogP contribution in [0.4, 0.5) is 5.82 Å². The highest BCUT2D eigenvalue weighted by Crippen LogP contribution is 2.29. The summed E-state index contributed by atoms with van der Waals surface area (Å²) in [5, 5.41) is 2.83. The molecule has 1 amide bonds. The van der Waals surface area contributed by atoms with Gasteiger partial charge in [0.15, 0.2) is 11.6 Å². The molecule has 1 N–H and O–H groups in total. The highest BCUT2D eigenvalue weighted by molar-refractivity contribution is 6.05. The zero-order chi connectivity index (χ0) is 16.1. The lowest BCUT2D eigenvalue weighted by atomic mass is 10.1. The number of rotatable bonds is 4. The van der Waals surface area contributed by atoms with E-state index in [0.29, 0.717) is 23.0 Å². The summed E-state index contributed by atoms with van der Waals surface area (Å²) in [6, 6.07) is 18.6. The second-order valence-corrected chi connectivity index (χ2v) is 4.92. The third-order valence-corrected chi connectivity index (χ3v) is 3.26. The number of allylic oxidation sites excluding steroid dienone is 1. The molecular formula is C19H16N2O2. The summed E-state index contributed by atoms with van der Waals surface area (Å²) in [6.07, 6.45) is 3.59. The summed E-state index contributed by atoms with van der Waals surface area (Å²) in [6.45, 7) is 1.88. The molecule has 3 aromatic rings. The number of nitrogens with one attached hydrogen (secondary N) is 1. The van der Waals surface area contributed by atoms with E-state index in [1.807, 2.05) is 61.5 Å². The zero-order valence-electron chi connectivity index (χ0n) is 12.7. The van der Waals surface area contributed by atoms with Crippen LogP contribution in [0.15, 0.2) is 71.2 Å². The van der Waals surface area contributed by atoms with Crippen molar-refractivity contribution in [1.82, 2.24) is 4.98 Å². The Balaban J connectivity index is 1.96. The van der Waals surface area contributed by atoms with Crippen molar-refractivity contribution in [2.45, 2.75) is 6.92 Å². The Hall–Kier alpha value is -3.14. The van der Waals surface area contributed by atoms with E-state index in [2.05, 4.69) is 10.3 Å². The topological polar surface area (TPSA) is 55.1 Å². The molecular weight excluding hydrogens is 288 g/mol. The van der Waals surface area contributed by atoms with Crippen molar-refractivity contribution in [3.63, 3.8) is 0 Å². The van der Waals surface area contributed by atoms with Crippen molar-refractivity contribution in [3.05, 3.63) is 78.2 Å². The molecule has 0 spiro atoms. The number of anilines is 1. The molecule has 0 fully saturated rings. The number of hydrogen-bond donors (Lipinski definition) is 1. The third-order valence-electron chi connectivity index (χ3n) is 3.26. The lowest BCUT2D eigenvalue weighted by Gasteiger charge is -2.04. The highest BCUT2D eigenvalue weighted by Gasteiger charge is 2.16. The monoisotopic (exact) mass is 304 g/mol. The molecule has 0 aliphatic heterocycles. The number of amides is 1. The summed E-state index contributed by atoms with van der Waals surface area (Å²) in [5.41, 5.74) is 1.43. The first-order chi connectivity index (χ1) is 11.3. The summed E-state index contributed by atoms with van der Waals surface area (Å²) < 4.78 is 5.77. The largest absolute Gasteiger partial charge is 0.434 e. The summed E-state index contributed by atoms with van der Waals surface area (Å²) in [5.74, 6) is 1.19. The smallest absolute Gasteiger partial charge is 0.256 e. The van der Waals surface area contributed by atoms with Crippen molar-refractivity contribution in [2.24, 2.45) is 0 Å². The molecule has 0 bridgehead atoms. The number of hydrogen-bond acceptors (Lipinski definition) is 3. The quantitative estimate of drug-likeness (QED) is 0.764. The molecule has 0 unspecified atom stereocenters. The maximum atomic E-state index is 12.4. The fourth-order valence-corrected chi connectivity index (χ4v) is 2.19. The van der Waals surface area contributed by atoms with Crippen molar-refractivity contribution < 1.29 is 9.21 Å². The van der Waals surface area contributed by atoms with E-state index in [9.17, 15) is 4.79 Å². The number of nitrogens with zero attached hydrogens (tertiary/aromatic N) is 1. The third kappa shape index (κ3) is 3.37. The van der Waals surface area contributed by atoms with Crippen molar-refractivity contribution >= 4 is 17.8 Å². The minimum Gasteiger partial charge on any atom is -0.434 e. The molecule has 0 radical (unpaired) electrons. The van der Waals surface area contributed by atoms with Gasteiger partial charge in [0.25, 0.3) is 5.91 Å². The van der Waals surface area contributed by atoms with Crippen LogP contribution in [0.1, 0.15) is 23.2 Å². The standard InChI is InChI=1S/C19H16N2O2/c1-2-9-16-20-18(17(23-16)14-10-5-3-6-11-14)21-19(22)15-12-7-4-8-13-15/h2-13H,1H3,(H,21,22)/b9-2+. The summed E-state index contributed by atoms with van der Waals surface area (Å²) in [4.78, 5) is 16.7. The van der Waals surface area contributed by atoms with Gasteiger partial charge in [0.2, 0.25) is 5.89 Å². The molecule has 1 aromatic heterocycles. The zero-order valence-corrected chi connectivity index (χ0v) is 12.7. The van der Waals surface area contributed by atoms with Crippen molar-refractivity contribution in [2.75, 3.05) is 5.32 Å². The number of benzene rings is 2. The predicted molar refractivity (Wildman–Crippen MR) is 91.0 cm³/mol. The number of carbonyl (C=O) groups excluding carboxylic acids is 1. The van der Waals surface area contributed by atoms with Crippen LogP contribution < -0.4 is 5.32 Å². The first kappa shape index (κ1) is 14.8. The van der Waals surface area contributed by atoms with Crippen LogP contribution in [-0.2, 0) is 0 Å². The van der Waals surface area contributed by atoms with E-state index in [1.165, 1.54) is 0 Å². The van der Waals surface area contributed by atoms with Gasteiger partial charge in [-0.25, -0.2) is 0 Å². The first-order valence-corrected chi connectivity index (χ1v) is 7.33. The average molecular weight is 304 g/mol. The fourth-order valence-electron chi connectivity index (χ4n) is 2.19. The summed E-state index contributed by atoms with van der Waals surface area (Å²) >= 11 is 0. The second kappa shape index (κ2) is 6.75. The van der Waals surface area contributed by atoms with Crippen LogP contribution in [0.5, 0.6) is 0 Å². The molecule has 0 aliphatic rings. The van der Waals surface area contributed by atoms with E-state index in [-0.39, 0.29) is 5.91 Å². The molecule has 1 heterocycles. The molecule has 0 saturated heterocycles. The molecule has 114 valence electrons. The molecule has 0 saturated carbocycles. The average Bonchev–Trinajstić information content (AvgIpc) is 2.99. The number of oxazole rings is 1. The van der Waals surface area contributed by atoms with Gasteiger partial charge in [-0.3, -0.25) is 4.79 Å². The Kier molecular flexibility index (Phi) is 4.34. The Labute approximate surface area is 134 Å². The van der Waals surface area contributed by atoms with E-state index in [4.69, 9.17) is 4.42 Å². The summed E-state index contributed by atoms with van der Waals surface area (Å²) in [7, 11) is 0. The van der Waals surface area contributed by atoms with Crippen LogP contribution in [0.2, 0.25) is 0 Å². The molecule has 4 heteroatoms. The lowest BCUT2D eigenvalue weighted by Crippen LogP contribution is -2.12. The SMILES string of the molecule is C/C=C/c1nc(NC(=O)c2ccccc2)c(-c2ccccc2)o1. The van der Waals surface area contributed by atoms with Crippen LogP contribution in [0.3, 0.4) is 0 Å². The Morgan fingerprint density at radius 1 is 1.04 bits per heavy atom. The van der Waals surface area contributed by atoms with Gasteiger partial charge in [0.05, 0.1) is 0 Å². The maximum Gasteiger partial charge on any atom is 0.256 e. The van der Waals surface area contributed by atoms with Gasteiger partial charge in [-0.1, -0.05) is 54.6 Å². The van der Waals surface area contributed by atoms with E-state index >= 15 is 0 Å². The molecule has 0 atom stereocenters. The second-order valence-electron chi connectivity index (χ2n) is 4.92. The van der Waals surface area contributed by atoms with Gasteiger partial charge in [-0.2, -0.15) is 4.98 Å². The van der Waals surface area contributed by atoms with Gasteiger partial charge in [-0.05, 0) is 25.1 Å². The van der Waals surface area contributed by atoms with E-state index < -0.39 is 0 Å². The minimum atomic E-state index is -0.219. The maximum absolute atomic E-state index is 12.4. The number of carbonyl (C=O) groups is 1. The van der Waals surface area contributed by atoms with Crippen LogP contribution in [0.25, 0.3) is 17.4 Å². The van der Waals surface area contributed by atoms with E-state index in [0.717, 1.165) is 5.56 Å². The Morgan fingerprint density at radius 3 is 2.35 bits per heavy atom. The molecule has 23 heavy (non-hydrogen) atoms. The normalized spacial score (nSPS) is 10.8. The van der Waals surface area contributed by atoms with Gasteiger partial charge in [-0.15, -0.1) is 0 Å². The van der Waals surface area contributed by atoms with Gasteiger partial charge in [0, 0.05) is 11.1 Å². The van der Waals surface area contributed by atoms with Crippen LogP contribution in [0, 0.1) is 0 Å². The highest BCUT2D eigenvalue weighted by atomic mass is 16.4. The van der Waals surface area contributed by atoms with Gasteiger partial charge in [0.1, 0.15) is 0 Å². The molecule has 4 nitrogen and oxygen atoms in total. The van der Waals surface area contributed by atoms with Gasteiger partial charge >= 0.3 is 0 Å². The molecule has 3 rings (SSSR count). The predicted octanol–water partition coefficient (Wildman–Crippen LogP) is 4.63.